The van der Waals surface area contributed by atoms with Gasteiger partial charge in [-0.25, -0.2) is 9.78 Å². The van der Waals surface area contributed by atoms with E-state index in [2.05, 4.69) is 4.90 Å². The molecule has 0 spiro atoms. The lowest BCUT2D eigenvalue weighted by atomic mass is 9.89. The highest BCUT2D eigenvalue weighted by molar-refractivity contribution is 5.78. The number of carboxylic acid groups (broad SMARTS) is 1. The lowest BCUT2D eigenvalue weighted by Crippen LogP contribution is -2.52. The van der Waals surface area contributed by atoms with Crippen molar-refractivity contribution >= 4 is 22.8 Å². The summed E-state index contributed by atoms with van der Waals surface area (Å²) < 4.78 is 2.01. The van der Waals surface area contributed by atoms with Crippen molar-refractivity contribution in [2.75, 3.05) is 18.0 Å². The quantitative estimate of drug-likeness (QED) is 0.642. The van der Waals surface area contributed by atoms with Crippen LogP contribution in [-0.2, 0) is 4.79 Å². The highest BCUT2D eigenvalue weighted by Gasteiger charge is 2.45. The summed E-state index contributed by atoms with van der Waals surface area (Å²) in [4.78, 5) is 35.0. The van der Waals surface area contributed by atoms with Crippen molar-refractivity contribution in [1.29, 1.82) is 0 Å². The van der Waals surface area contributed by atoms with Crippen LogP contribution in [-0.4, -0.2) is 67.4 Å². The SMILES string of the molecule is O=C(O)C1(O)CCN(c2nc3ccccc3n([C@H]3CC4CC[C@@H](C3)N4C3CCCCCCC3)c2=O)CC1. The standard InChI is InChI=1S/C29H40N4O4/c34-27-26(31-16-14-29(37,15-17-31)28(35)36)30-24-10-6-7-11-25(24)33(27)23-18-21-12-13-22(19-23)32(21)20-8-4-2-1-3-5-9-20/h6-7,10-11,20-23,37H,1-5,8-9,12-19H2,(H,35,36)/t21-,22?,23+/m0/s1. The summed E-state index contributed by atoms with van der Waals surface area (Å²) in [6, 6.07) is 9.82. The number of aliphatic hydroxyl groups is 1. The van der Waals surface area contributed by atoms with Gasteiger partial charge in [0.1, 0.15) is 0 Å². The van der Waals surface area contributed by atoms with Gasteiger partial charge in [-0.1, -0.05) is 44.2 Å². The molecule has 200 valence electrons. The van der Waals surface area contributed by atoms with Crippen LogP contribution in [0.15, 0.2) is 29.1 Å². The molecule has 4 fully saturated rings. The average molecular weight is 509 g/mol. The smallest absolute Gasteiger partial charge is 0.335 e. The van der Waals surface area contributed by atoms with Crippen LogP contribution in [0.4, 0.5) is 5.82 Å². The van der Waals surface area contributed by atoms with Crippen molar-refractivity contribution in [3.8, 4) is 0 Å². The number of hydrogen-bond donors (Lipinski definition) is 2. The molecule has 0 radical (unpaired) electrons. The van der Waals surface area contributed by atoms with Crippen LogP contribution in [0.3, 0.4) is 0 Å². The van der Waals surface area contributed by atoms with Crippen LogP contribution in [0, 0.1) is 0 Å². The van der Waals surface area contributed by atoms with Crippen LogP contribution >= 0.6 is 0 Å². The molecule has 1 aliphatic carbocycles. The molecule has 4 heterocycles. The fourth-order valence-corrected chi connectivity index (χ4v) is 7.74. The summed E-state index contributed by atoms with van der Waals surface area (Å²) in [6.07, 6.45) is 14.0. The first kappa shape index (κ1) is 24.9. The van der Waals surface area contributed by atoms with E-state index in [0.717, 1.165) is 23.9 Å². The second kappa shape index (κ2) is 10.0. The predicted molar refractivity (Wildman–Crippen MR) is 143 cm³/mol. The van der Waals surface area contributed by atoms with E-state index in [4.69, 9.17) is 4.98 Å². The van der Waals surface area contributed by atoms with Crippen molar-refractivity contribution in [3.05, 3.63) is 34.6 Å². The van der Waals surface area contributed by atoms with Crippen LogP contribution in [0.25, 0.3) is 11.0 Å². The Bertz CT molecular complexity index is 1180. The summed E-state index contributed by atoms with van der Waals surface area (Å²) in [6.45, 7) is 0.601. The van der Waals surface area contributed by atoms with Gasteiger partial charge in [-0.2, -0.15) is 0 Å². The Balaban J connectivity index is 1.30. The van der Waals surface area contributed by atoms with Crippen LogP contribution in [0.5, 0.6) is 0 Å². The van der Waals surface area contributed by atoms with Gasteiger partial charge in [0.05, 0.1) is 11.0 Å². The zero-order chi connectivity index (χ0) is 25.6. The van der Waals surface area contributed by atoms with Gasteiger partial charge in [0.2, 0.25) is 0 Å². The third-order valence-corrected chi connectivity index (χ3v) is 9.69. The zero-order valence-corrected chi connectivity index (χ0v) is 21.7. The number of hydrogen-bond acceptors (Lipinski definition) is 6. The van der Waals surface area contributed by atoms with Crippen molar-refractivity contribution < 1.29 is 15.0 Å². The number of carbonyl (C=O) groups is 1. The third kappa shape index (κ3) is 4.56. The molecular formula is C29H40N4O4. The highest BCUT2D eigenvalue weighted by Crippen LogP contribution is 2.44. The van der Waals surface area contributed by atoms with E-state index in [1.807, 2.05) is 33.7 Å². The second-order valence-corrected chi connectivity index (χ2v) is 11.9. The molecule has 37 heavy (non-hydrogen) atoms. The molecule has 2 bridgehead atoms. The molecule has 1 aromatic heterocycles. The van der Waals surface area contributed by atoms with E-state index in [9.17, 15) is 19.8 Å². The summed E-state index contributed by atoms with van der Waals surface area (Å²) in [5.41, 5.74) is -0.122. The van der Waals surface area contributed by atoms with Gasteiger partial charge in [-0.3, -0.25) is 9.69 Å². The maximum absolute atomic E-state index is 14.0. The minimum atomic E-state index is -1.73. The van der Waals surface area contributed by atoms with Gasteiger partial charge < -0.3 is 19.7 Å². The average Bonchev–Trinajstić information content (AvgIpc) is 3.13. The predicted octanol–water partition coefficient (Wildman–Crippen LogP) is 4.09. The fourth-order valence-electron chi connectivity index (χ4n) is 7.74. The van der Waals surface area contributed by atoms with Crippen molar-refractivity contribution in [1.82, 2.24) is 14.5 Å². The van der Waals surface area contributed by atoms with Gasteiger partial charge in [-0.15, -0.1) is 0 Å². The van der Waals surface area contributed by atoms with Crippen LogP contribution in [0.2, 0.25) is 0 Å². The monoisotopic (exact) mass is 508 g/mol. The molecule has 8 nitrogen and oxygen atoms in total. The van der Waals surface area contributed by atoms with E-state index < -0.39 is 11.6 Å². The normalized spacial score (nSPS) is 29.2. The van der Waals surface area contributed by atoms with E-state index in [0.29, 0.717) is 37.0 Å². The lowest BCUT2D eigenvalue weighted by Gasteiger charge is -2.45. The summed E-state index contributed by atoms with van der Waals surface area (Å²) in [7, 11) is 0. The lowest BCUT2D eigenvalue weighted by molar-refractivity contribution is -0.160. The maximum Gasteiger partial charge on any atom is 0.335 e. The van der Waals surface area contributed by atoms with E-state index in [-0.39, 0.29) is 24.4 Å². The first-order valence-corrected chi connectivity index (χ1v) is 14.4. The van der Waals surface area contributed by atoms with Crippen molar-refractivity contribution in [3.63, 3.8) is 0 Å². The number of fused-ring (bicyclic) bond motifs is 3. The Morgan fingerprint density at radius 1 is 0.865 bits per heavy atom. The number of anilines is 1. The summed E-state index contributed by atoms with van der Waals surface area (Å²) in [5.74, 6) is -0.802. The minimum absolute atomic E-state index is 0.0803. The largest absolute Gasteiger partial charge is 0.479 e. The first-order valence-electron chi connectivity index (χ1n) is 14.4. The van der Waals surface area contributed by atoms with Crippen LogP contribution in [0.1, 0.15) is 89.5 Å². The number of nitrogens with zero attached hydrogens (tertiary/aromatic N) is 4. The number of carboxylic acids is 1. The molecule has 1 saturated carbocycles. The molecule has 3 saturated heterocycles. The Morgan fingerprint density at radius 2 is 1.49 bits per heavy atom. The zero-order valence-electron chi connectivity index (χ0n) is 21.7. The first-order chi connectivity index (χ1) is 17.9. The number of para-hydroxylation sites is 2. The Labute approximate surface area is 218 Å². The molecule has 6 rings (SSSR count). The Hall–Kier alpha value is -2.45. The molecule has 1 unspecified atom stereocenters. The summed E-state index contributed by atoms with van der Waals surface area (Å²) >= 11 is 0. The third-order valence-electron chi connectivity index (χ3n) is 9.69. The molecule has 2 aromatic rings. The minimum Gasteiger partial charge on any atom is -0.479 e. The topological polar surface area (TPSA) is 98.9 Å². The number of benzene rings is 1. The number of piperidine rings is 2. The number of aliphatic carboxylic acids is 1. The van der Waals surface area contributed by atoms with Gasteiger partial charge in [-0.05, 0) is 50.7 Å². The van der Waals surface area contributed by atoms with Gasteiger partial charge >= 0.3 is 5.97 Å². The molecule has 3 atom stereocenters. The molecule has 2 N–H and O–H groups in total. The molecule has 8 heteroatoms. The molecule has 0 amide bonds. The summed E-state index contributed by atoms with van der Waals surface area (Å²) in [5, 5.41) is 19.8. The molecule has 4 aliphatic rings. The Kier molecular flexibility index (Phi) is 6.74. The number of aromatic nitrogens is 2. The molecule has 1 aromatic carbocycles. The van der Waals surface area contributed by atoms with E-state index in [1.165, 1.54) is 57.8 Å². The van der Waals surface area contributed by atoms with Gasteiger partial charge in [0.15, 0.2) is 11.4 Å². The maximum atomic E-state index is 14.0. The van der Waals surface area contributed by atoms with E-state index in [1.54, 1.807) is 0 Å². The molecular weight excluding hydrogens is 468 g/mol. The van der Waals surface area contributed by atoms with Gasteiger partial charge in [0.25, 0.3) is 5.56 Å². The fraction of sp³-hybridized carbons (Fsp3) is 0.690. The van der Waals surface area contributed by atoms with Crippen molar-refractivity contribution in [2.45, 2.75) is 113 Å². The van der Waals surface area contributed by atoms with E-state index >= 15 is 0 Å². The van der Waals surface area contributed by atoms with Gasteiger partial charge in [0, 0.05) is 50.1 Å². The second-order valence-electron chi connectivity index (χ2n) is 11.9. The van der Waals surface area contributed by atoms with Crippen LogP contribution < -0.4 is 10.5 Å². The molecule has 3 aliphatic heterocycles. The number of rotatable bonds is 4. The van der Waals surface area contributed by atoms with Crippen molar-refractivity contribution in [2.24, 2.45) is 0 Å². The highest BCUT2D eigenvalue weighted by atomic mass is 16.4. The Morgan fingerprint density at radius 3 is 2.14 bits per heavy atom.